The van der Waals surface area contributed by atoms with Crippen LogP contribution in [0, 0.1) is 0 Å². The summed E-state index contributed by atoms with van der Waals surface area (Å²) in [6.07, 6.45) is 5.36. The number of hydrogen-bond acceptors (Lipinski definition) is 2. The normalized spacial score (nSPS) is 10.6. The molecule has 0 radical (unpaired) electrons. The highest BCUT2D eigenvalue weighted by atomic mass is 16.2. The van der Waals surface area contributed by atoms with Crippen LogP contribution in [-0.2, 0) is 4.79 Å². The molecule has 1 rings (SSSR count). The van der Waals surface area contributed by atoms with Crippen LogP contribution in [0.3, 0.4) is 0 Å². The van der Waals surface area contributed by atoms with Gasteiger partial charge in [0.05, 0.1) is 6.21 Å². The van der Waals surface area contributed by atoms with E-state index >= 15 is 0 Å². The van der Waals surface area contributed by atoms with Gasteiger partial charge in [0.15, 0.2) is 0 Å². The zero-order valence-corrected chi connectivity index (χ0v) is 9.65. The molecule has 0 fully saturated rings. The molecule has 1 aromatic rings. The zero-order valence-electron chi connectivity index (χ0n) is 9.65. The standard InChI is InChI=1S/C13H18N2O/c1-2-3-5-10-13(16)15-14-11-12-8-6-4-7-9-12/h4,6-9,11H,2-3,5,10H2,1H3,(H,15,16)/b14-11+. The van der Waals surface area contributed by atoms with Gasteiger partial charge in [0.2, 0.25) is 5.91 Å². The lowest BCUT2D eigenvalue weighted by atomic mass is 10.2. The summed E-state index contributed by atoms with van der Waals surface area (Å²) >= 11 is 0. The van der Waals surface area contributed by atoms with E-state index in [0.29, 0.717) is 6.42 Å². The molecule has 0 aliphatic heterocycles. The van der Waals surface area contributed by atoms with Crippen LogP contribution in [0.5, 0.6) is 0 Å². The molecule has 16 heavy (non-hydrogen) atoms. The Morgan fingerprint density at radius 1 is 1.31 bits per heavy atom. The van der Waals surface area contributed by atoms with Gasteiger partial charge in [0.1, 0.15) is 0 Å². The van der Waals surface area contributed by atoms with Gasteiger partial charge in [-0.1, -0.05) is 50.1 Å². The van der Waals surface area contributed by atoms with Crippen molar-refractivity contribution in [1.82, 2.24) is 5.43 Å². The Bertz CT molecular complexity index is 333. The molecule has 0 saturated heterocycles. The van der Waals surface area contributed by atoms with E-state index in [1.54, 1.807) is 6.21 Å². The Balaban J connectivity index is 2.24. The molecule has 0 bridgehead atoms. The second kappa shape index (κ2) is 7.63. The SMILES string of the molecule is CCCCCC(=O)N/N=C/c1ccccc1. The van der Waals surface area contributed by atoms with Gasteiger partial charge < -0.3 is 0 Å². The minimum absolute atomic E-state index is 0.0133. The molecule has 3 heteroatoms. The lowest BCUT2D eigenvalue weighted by Gasteiger charge is -1.98. The molecule has 0 spiro atoms. The number of hydrogen-bond donors (Lipinski definition) is 1. The Hall–Kier alpha value is -1.64. The van der Waals surface area contributed by atoms with Crippen molar-refractivity contribution in [3.05, 3.63) is 35.9 Å². The molecule has 0 aromatic heterocycles. The van der Waals surface area contributed by atoms with Crippen LogP contribution in [0.25, 0.3) is 0 Å². The number of nitrogens with one attached hydrogen (secondary N) is 1. The first-order valence-electron chi connectivity index (χ1n) is 5.70. The Morgan fingerprint density at radius 2 is 2.06 bits per heavy atom. The summed E-state index contributed by atoms with van der Waals surface area (Å²) in [6.45, 7) is 2.12. The minimum atomic E-state index is -0.0133. The van der Waals surface area contributed by atoms with Crippen molar-refractivity contribution in [3.8, 4) is 0 Å². The summed E-state index contributed by atoms with van der Waals surface area (Å²) in [7, 11) is 0. The van der Waals surface area contributed by atoms with E-state index in [1.165, 1.54) is 0 Å². The van der Waals surface area contributed by atoms with E-state index in [-0.39, 0.29) is 5.91 Å². The van der Waals surface area contributed by atoms with Crippen molar-refractivity contribution in [2.75, 3.05) is 0 Å². The van der Waals surface area contributed by atoms with Gasteiger partial charge in [0, 0.05) is 6.42 Å². The molecule has 0 heterocycles. The molecule has 3 nitrogen and oxygen atoms in total. The highest BCUT2D eigenvalue weighted by Crippen LogP contribution is 1.98. The van der Waals surface area contributed by atoms with Crippen molar-refractivity contribution in [3.63, 3.8) is 0 Å². The molecule has 0 aliphatic carbocycles. The minimum Gasteiger partial charge on any atom is -0.273 e. The third-order valence-electron chi connectivity index (χ3n) is 2.21. The maximum atomic E-state index is 11.3. The van der Waals surface area contributed by atoms with E-state index < -0.39 is 0 Å². The smallest absolute Gasteiger partial charge is 0.240 e. The second-order valence-electron chi connectivity index (χ2n) is 3.66. The highest BCUT2D eigenvalue weighted by Gasteiger charge is 1.97. The fraction of sp³-hybridized carbons (Fsp3) is 0.385. The first kappa shape index (κ1) is 12.4. The lowest BCUT2D eigenvalue weighted by Crippen LogP contribution is -2.16. The van der Waals surface area contributed by atoms with Crippen molar-refractivity contribution >= 4 is 12.1 Å². The molecule has 1 N–H and O–H groups in total. The van der Waals surface area contributed by atoms with Crippen molar-refractivity contribution in [2.24, 2.45) is 5.10 Å². The fourth-order valence-corrected chi connectivity index (χ4v) is 1.31. The fourth-order valence-electron chi connectivity index (χ4n) is 1.31. The summed E-state index contributed by atoms with van der Waals surface area (Å²) in [5.41, 5.74) is 3.50. The quantitative estimate of drug-likeness (QED) is 0.445. The molecule has 0 atom stereocenters. The third-order valence-corrected chi connectivity index (χ3v) is 2.21. The van der Waals surface area contributed by atoms with Crippen LogP contribution in [0.1, 0.15) is 38.2 Å². The number of rotatable bonds is 6. The molecule has 0 saturated carbocycles. The predicted molar refractivity (Wildman–Crippen MR) is 66.3 cm³/mol. The Labute approximate surface area is 96.6 Å². The lowest BCUT2D eigenvalue weighted by molar-refractivity contribution is -0.121. The third kappa shape index (κ3) is 5.29. The van der Waals surface area contributed by atoms with Crippen molar-refractivity contribution in [1.29, 1.82) is 0 Å². The number of hydrazone groups is 1. The number of carbonyl (C=O) groups excluding carboxylic acids is 1. The largest absolute Gasteiger partial charge is 0.273 e. The molecule has 1 amide bonds. The van der Waals surface area contributed by atoms with E-state index in [0.717, 1.165) is 24.8 Å². The van der Waals surface area contributed by atoms with E-state index in [1.807, 2.05) is 30.3 Å². The maximum absolute atomic E-state index is 11.3. The van der Waals surface area contributed by atoms with Crippen molar-refractivity contribution in [2.45, 2.75) is 32.6 Å². The summed E-state index contributed by atoms with van der Waals surface area (Å²) in [4.78, 5) is 11.3. The summed E-state index contributed by atoms with van der Waals surface area (Å²) in [5, 5.41) is 3.90. The molecule has 86 valence electrons. The summed E-state index contributed by atoms with van der Waals surface area (Å²) in [5.74, 6) is -0.0133. The summed E-state index contributed by atoms with van der Waals surface area (Å²) < 4.78 is 0. The first-order valence-corrected chi connectivity index (χ1v) is 5.70. The number of unbranched alkanes of at least 4 members (excludes halogenated alkanes) is 2. The topological polar surface area (TPSA) is 41.5 Å². The Kier molecular flexibility index (Phi) is 5.92. The van der Waals surface area contributed by atoms with Gasteiger partial charge in [-0.15, -0.1) is 0 Å². The average molecular weight is 218 g/mol. The molecular weight excluding hydrogens is 200 g/mol. The molecule has 0 aliphatic rings. The van der Waals surface area contributed by atoms with Crippen LogP contribution in [0.4, 0.5) is 0 Å². The number of carbonyl (C=O) groups is 1. The zero-order chi connectivity index (χ0) is 11.6. The first-order chi connectivity index (χ1) is 7.83. The highest BCUT2D eigenvalue weighted by molar-refractivity contribution is 5.82. The summed E-state index contributed by atoms with van der Waals surface area (Å²) in [6, 6.07) is 9.69. The average Bonchev–Trinajstić information content (AvgIpc) is 2.31. The van der Waals surface area contributed by atoms with E-state index in [2.05, 4.69) is 17.5 Å². The van der Waals surface area contributed by atoms with Gasteiger partial charge in [0.25, 0.3) is 0 Å². The molecular formula is C13H18N2O. The van der Waals surface area contributed by atoms with E-state index in [9.17, 15) is 4.79 Å². The second-order valence-corrected chi connectivity index (χ2v) is 3.66. The Morgan fingerprint density at radius 3 is 2.75 bits per heavy atom. The molecule has 1 aromatic carbocycles. The van der Waals surface area contributed by atoms with E-state index in [4.69, 9.17) is 0 Å². The van der Waals surface area contributed by atoms with Crippen molar-refractivity contribution < 1.29 is 4.79 Å². The number of nitrogens with zero attached hydrogens (tertiary/aromatic N) is 1. The van der Waals surface area contributed by atoms with Crippen LogP contribution in [-0.4, -0.2) is 12.1 Å². The van der Waals surface area contributed by atoms with Gasteiger partial charge in [-0.05, 0) is 12.0 Å². The van der Waals surface area contributed by atoms with Crippen LogP contribution in [0.15, 0.2) is 35.4 Å². The van der Waals surface area contributed by atoms with Crippen LogP contribution in [0.2, 0.25) is 0 Å². The van der Waals surface area contributed by atoms with Gasteiger partial charge >= 0.3 is 0 Å². The monoisotopic (exact) mass is 218 g/mol. The predicted octanol–water partition coefficient (Wildman–Crippen LogP) is 2.72. The van der Waals surface area contributed by atoms with Gasteiger partial charge in [-0.25, -0.2) is 5.43 Å². The number of amides is 1. The number of benzene rings is 1. The van der Waals surface area contributed by atoms with Crippen LogP contribution < -0.4 is 5.43 Å². The van der Waals surface area contributed by atoms with Gasteiger partial charge in [-0.3, -0.25) is 4.79 Å². The molecule has 0 unspecified atom stereocenters. The van der Waals surface area contributed by atoms with Crippen LogP contribution >= 0.6 is 0 Å². The van der Waals surface area contributed by atoms with Gasteiger partial charge in [-0.2, -0.15) is 5.10 Å². The maximum Gasteiger partial charge on any atom is 0.240 e.